The van der Waals surface area contributed by atoms with Gasteiger partial charge < -0.3 is 14.8 Å². The number of ether oxygens (including phenoxy) is 2. The van der Waals surface area contributed by atoms with Crippen LogP contribution in [0.5, 0.6) is 5.88 Å². The summed E-state index contributed by atoms with van der Waals surface area (Å²) >= 11 is 3.50. The van der Waals surface area contributed by atoms with Gasteiger partial charge in [-0.3, -0.25) is 5.41 Å². The van der Waals surface area contributed by atoms with Gasteiger partial charge in [0, 0.05) is 40.2 Å². The number of nitrogens with one attached hydrogen (secondary N) is 2. The third-order valence-corrected chi connectivity index (χ3v) is 4.47. The standard InChI is InChI=1S/C18H20BrN3O2/c1-23-17-10-12(7-8-21-17)18(20)14-11-13(19)5-6-15(14)22-16-4-2-3-9-24-16/h5-8,10-11,16,20,22H,2-4,9H2,1H3. The molecule has 0 bridgehead atoms. The van der Waals surface area contributed by atoms with E-state index in [4.69, 9.17) is 14.9 Å². The van der Waals surface area contributed by atoms with Gasteiger partial charge in [-0.1, -0.05) is 15.9 Å². The van der Waals surface area contributed by atoms with E-state index in [9.17, 15) is 0 Å². The summed E-state index contributed by atoms with van der Waals surface area (Å²) in [5.41, 5.74) is 2.88. The van der Waals surface area contributed by atoms with Crippen molar-refractivity contribution in [3.05, 3.63) is 52.1 Å². The van der Waals surface area contributed by atoms with E-state index < -0.39 is 0 Å². The molecule has 2 heterocycles. The molecule has 6 heteroatoms. The molecule has 5 nitrogen and oxygen atoms in total. The maximum atomic E-state index is 8.61. The van der Waals surface area contributed by atoms with E-state index in [0.29, 0.717) is 11.6 Å². The van der Waals surface area contributed by atoms with Crippen LogP contribution in [0.1, 0.15) is 30.4 Å². The molecule has 1 saturated heterocycles. The first kappa shape index (κ1) is 16.9. The zero-order valence-corrected chi connectivity index (χ0v) is 15.1. The Morgan fingerprint density at radius 3 is 2.96 bits per heavy atom. The van der Waals surface area contributed by atoms with E-state index in [2.05, 4.69) is 26.2 Å². The molecular formula is C18H20BrN3O2. The lowest BCUT2D eigenvalue weighted by Gasteiger charge is -2.26. The Labute approximate surface area is 150 Å². The number of hydrogen-bond donors (Lipinski definition) is 2. The molecule has 1 aliphatic heterocycles. The molecule has 2 aromatic rings. The largest absolute Gasteiger partial charge is 0.481 e. The number of methoxy groups -OCH3 is 1. The zero-order chi connectivity index (χ0) is 16.9. The molecule has 1 aliphatic rings. The summed E-state index contributed by atoms with van der Waals surface area (Å²) in [5, 5.41) is 12.0. The van der Waals surface area contributed by atoms with Crippen molar-refractivity contribution in [2.75, 3.05) is 19.0 Å². The van der Waals surface area contributed by atoms with E-state index in [1.54, 1.807) is 19.4 Å². The lowest BCUT2D eigenvalue weighted by molar-refractivity contribution is 0.0343. The molecule has 1 atom stereocenters. The topological polar surface area (TPSA) is 67.2 Å². The molecule has 0 aliphatic carbocycles. The summed E-state index contributed by atoms with van der Waals surface area (Å²) in [6.07, 6.45) is 4.89. The molecule has 1 unspecified atom stereocenters. The fourth-order valence-electron chi connectivity index (χ4n) is 2.71. The second-order valence-electron chi connectivity index (χ2n) is 5.65. The van der Waals surface area contributed by atoms with Crippen LogP contribution in [-0.2, 0) is 4.74 Å². The van der Waals surface area contributed by atoms with Crippen LogP contribution in [-0.4, -0.2) is 30.6 Å². The summed E-state index contributed by atoms with van der Waals surface area (Å²) < 4.78 is 11.9. The number of hydrogen-bond acceptors (Lipinski definition) is 5. The van der Waals surface area contributed by atoms with Gasteiger partial charge >= 0.3 is 0 Å². The van der Waals surface area contributed by atoms with Crippen molar-refractivity contribution in [1.82, 2.24) is 4.98 Å². The quantitative estimate of drug-likeness (QED) is 0.751. The molecule has 2 N–H and O–H groups in total. The first-order valence-corrected chi connectivity index (χ1v) is 8.73. The number of pyridine rings is 1. The minimum atomic E-state index is -0.00143. The number of benzene rings is 1. The van der Waals surface area contributed by atoms with Crippen LogP contribution in [0.4, 0.5) is 5.69 Å². The molecule has 0 saturated carbocycles. The van der Waals surface area contributed by atoms with Gasteiger partial charge in [0.15, 0.2) is 0 Å². The normalized spacial score (nSPS) is 17.3. The van der Waals surface area contributed by atoms with Crippen LogP contribution in [0.25, 0.3) is 0 Å². The highest BCUT2D eigenvalue weighted by Crippen LogP contribution is 2.26. The predicted octanol–water partition coefficient (Wildman–Crippen LogP) is 4.21. The van der Waals surface area contributed by atoms with E-state index in [0.717, 1.165) is 47.2 Å². The van der Waals surface area contributed by atoms with Crippen LogP contribution >= 0.6 is 15.9 Å². The van der Waals surface area contributed by atoms with Gasteiger partial charge in [-0.15, -0.1) is 0 Å². The summed E-state index contributed by atoms with van der Waals surface area (Å²) in [4.78, 5) is 4.10. The van der Waals surface area contributed by atoms with E-state index in [-0.39, 0.29) is 6.23 Å². The van der Waals surface area contributed by atoms with Crippen molar-refractivity contribution in [3.8, 4) is 5.88 Å². The average Bonchev–Trinajstić information content (AvgIpc) is 2.63. The Kier molecular flexibility index (Phi) is 5.48. The molecule has 126 valence electrons. The maximum absolute atomic E-state index is 8.61. The second-order valence-corrected chi connectivity index (χ2v) is 6.57. The van der Waals surface area contributed by atoms with Crippen molar-refractivity contribution in [2.24, 2.45) is 0 Å². The molecule has 1 aromatic heterocycles. The van der Waals surface area contributed by atoms with Crippen molar-refractivity contribution in [3.63, 3.8) is 0 Å². The van der Waals surface area contributed by atoms with Crippen molar-refractivity contribution < 1.29 is 9.47 Å². The van der Waals surface area contributed by atoms with Crippen LogP contribution in [0.3, 0.4) is 0 Å². The van der Waals surface area contributed by atoms with Crippen molar-refractivity contribution in [2.45, 2.75) is 25.5 Å². The molecule has 0 radical (unpaired) electrons. The fraction of sp³-hybridized carbons (Fsp3) is 0.333. The summed E-state index contributed by atoms with van der Waals surface area (Å²) in [7, 11) is 1.57. The fourth-order valence-corrected chi connectivity index (χ4v) is 3.07. The summed E-state index contributed by atoms with van der Waals surface area (Å²) in [6.45, 7) is 0.780. The van der Waals surface area contributed by atoms with E-state index in [1.165, 1.54) is 0 Å². The molecule has 1 fully saturated rings. The lowest BCUT2D eigenvalue weighted by Crippen LogP contribution is -2.28. The maximum Gasteiger partial charge on any atom is 0.213 e. The Morgan fingerprint density at radius 2 is 2.21 bits per heavy atom. The number of anilines is 1. The first-order chi connectivity index (χ1) is 11.7. The molecule has 24 heavy (non-hydrogen) atoms. The van der Waals surface area contributed by atoms with Crippen LogP contribution in [0, 0.1) is 5.41 Å². The predicted molar refractivity (Wildman–Crippen MR) is 98.1 cm³/mol. The third kappa shape index (κ3) is 3.94. The highest BCUT2D eigenvalue weighted by Gasteiger charge is 2.17. The molecular weight excluding hydrogens is 370 g/mol. The van der Waals surface area contributed by atoms with Gasteiger partial charge in [-0.2, -0.15) is 0 Å². The van der Waals surface area contributed by atoms with Crippen LogP contribution in [0.15, 0.2) is 41.0 Å². The number of rotatable bonds is 5. The Bertz CT molecular complexity index is 730. The first-order valence-electron chi connectivity index (χ1n) is 7.94. The molecule has 0 spiro atoms. The van der Waals surface area contributed by atoms with Gasteiger partial charge in [-0.05, 0) is 43.5 Å². The monoisotopic (exact) mass is 389 g/mol. The number of nitrogens with zero attached hydrogens (tertiary/aromatic N) is 1. The van der Waals surface area contributed by atoms with Gasteiger partial charge in [0.25, 0.3) is 0 Å². The Morgan fingerprint density at radius 1 is 1.33 bits per heavy atom. The van der Waals surface area contributed by atoms with Crippen LogP contribution < -0.4 is 10.1 Å². The zero-order valence-electron chi connectivity index (χ0n) is 13.5. The summed E-state index contributed by atoms with van der Waals surface area (Å²) in [5.74, 6) is 0.498. The molecule has 1 aromatic carbocycles. The minimum Gasteiger partial charge on any atom is -0.481 e. The molecule has 0 amide bonds. The average molecular weight is 390 g/mol. The van der Waals surface area contributed by atoms with Gasteiger partial charge in [0.2, 0.25) is 5.88 Å². The highest BCUT2D eigenvalue weighted by atomic mass is 79.9. The molecule has 3 rings (SSSR count). The Hall–Kier alpha value is -1.92. The SMILES string of the molecule is COc1cc(C(=N)c2cc(Br)ccc2NC2CCCCO2)ccn1. The smallest absolute Gasteiger partial charge is 0.213 e. The highest BCUT2D eigenvalue weighted by molar-refractivity contribution is 9.10. The van der Waals surface area contributed by atoms with E-state index in [1.807, 2.05) is 24.3 Å². The second kappa shape index (κ2) is 7.77. The van der Waals surface area contributed by atoms with Crippen molar-refractivity contribution >= 4 is 27.3 Å². The minimum absolute atomic E-state index is 0.00143. The number of halogens is 1. The van der Waals surface area contributed by atoms with Gasteiger partial charge in [0.05, 0.1) is 12.8 Å². The van der Waals surface area contributed by atoms with E-state index >= 15 is 0 Å². The summed E-state index contributed by atoms with van der Waals surface area (Å²) in [6, 6.07) is 9.47. The lowest BCUT2D eigenvalue weighted by atomic mass is 10.0. The van der Waals surface area contributed by atoms with Crippen molar-refractivity contribution in [1.29, 1.82) is 5.41 Å². The van der Waals surface area contributed by atoms with Gasteiger partial charge in [0.1, 0.15) is 6.23 Å². The Balaban J connectivity index is 1.90. The van der Waals surface area contributed by atoms with Crippen LogP contribution in [0.2, 0.25) is 0 Å². The van der Waals surface area contributed by atoms with Gasteiger partial charge in [-0.25, -0.2) is 4.98 Å². The third-order valence-electron chi connectivity index (χ3n) is 3.98. The number of aromatic nitrogens is 1.